The summed E-state index contributed by atoms with van der Waals surface area (Å²) in [7, 11) is 2.07. The Labute approximate surface area is 117 Å². The van der Waals surface area contributed by atoms with Gasteiger partial charge in [-0.15, -0.1) is 11.3 Å². The van der Waals surface area contributed by atoms with E-state index in [9.17, 15) is 0 Å². The summed E-state index contributed by atoms with van der Waals surface area (Å²) in [5.41, 5.74) is 8.33. The highest BCUT2D eigenvalue weighted by atomic mass is 35.5. The van der Waals surface area contributed by atoms with Gasteiger partial charge >= 0.3 is 0 Å². The van der Waals surface area contributed by atoms with Gasteiger partial charge in [-0.1, -0.05) is 29.3 Å². The summed E-state index contributed by atoms with van der Waals surface area (Å²) < 4.78 is 0. The Morgan fingerprint density at radius 1 is 1.33 bits per heavy atom. The highest BCUT2D eigenvalue weighted by Crippen LogP contribution is 2.31. The fraction of sp³-hybridized carbons (Fsp3) is 0.286. The second-order valence-electron chi connectivity index (χ2n) is 4.37. The van der Waals surface area contributed by atoms with E-state index in [-0.39, 0.29) is 6.04 Å². The van der Waals surface area contributed by atoms with Crippen LogP contribution in [0, 0.1) is 6.92 Å². The molecule has 96 valence electrons. The number of rotatable bonds is 4. The molecule has 0 aliphatic heterocycles. The van der Waals surface area contributed by atoms with E-state index >= 15 is 0 Å². The van der Waals surface area contributed by atoms with E-state index in [2.05, 4.69) is 43.1 Å². The van der Waals surface area contributed by atoms with Gasteiger partial charge in [0.05, 0.1) is 11.1 Å². The molecule has 0 aliphatic carbocycles. The first-order chi connectivity index (χ1) is 8.61. The van der Waals surface area contributed by atoms with Crippen molar-refractivity contribution in [1.82, 2.24) is 0 Å². The van der Waals surface area contributed by atoms with E-state index in [1.807, 2.05) is 11.4 Å². The Balaban J connectivity index is 2.25. The molecule has 2 aromatic rings. The maximum atomic E-state index is 5.98. The average molecular weight is 281 g/mol. The molecule has 0 bridgehead atoms. The van der Waals surface area contributed by atoms with Gasteiger partial charge in [-0.05, 0) is 25.1 Å². The lowest BCUT2D eigenvalue weighted by molar-refractivity contribution is 0.692. The van der Waals surface area contributed by atoms with Crippen LogP contribution in [0.5, 0.6) is 0 Å². The van der Waals surface area contributed by atoms with E-state index in [1.54, 1.807) is 11.3 Å². The summed E-state index contributed by atoms with van der Waals surface area (Å²) in [6, 6.07) is 10.6. The molecule has 2 rings (SSSR count). The zero-order valence-electron chi connectivity index (χ0n) is 10.6. The molecule has 1 unspecified atom stereocenters. The predicted molar refractivity (Wildman–Crippen MR) is 80.7 cm³/mol. The molecule has 1 aromatic carbocycles. The molecule has 1 atom stereocenters. The SMILES string of the molecule is Cc1ccc(N(C)C(CN)c2cc(Cl)cs2)cc1. The van der Waals surface area contributed by atoms with Crippen molar-refractivity contribution in [2.75, 3.05) is 18.5 Å². The first-order valence-electron chi connectivity index (χ1n) is 5.85. The number of hydrogen-bond donors (Lipinski definition) is 1. The quantitative estimate of drug-likeness (QED) is 0.922. The Kier molecular flexibility index (Phi) is 4.27. The molecule has 0 saturated carbocycles. The molecule has 1 aromatic heterocycles. The van der Waals surface area contributed by atoms with Crippen LogP contribution in [0.3, 0.4) is 0 Å². The summed E-state index contributed by atoms with van der Waals surface area (Å²) >= 11 is 7.64. The zero-order chi connectivity index (χ0) is 13.1. The molecule has 2 nitrogen and oxygen atoms in total. The minimum absolute atomic E-state index is 0.171. The molecule has 0 aliphatic rings. The van der Waals surface area contributed by atoms with Crippen LogP contribution in [0.25, 0.3) is 0 Å². The second kappa shape index (κ2) is 5.74. The van der Waals surface area contributed by atoms with Crippen LogP contribution >= 0.6 is 22.9 Å². The number of nitrogens with two attached hydrogens (primary N) is 1. The number of anilines is 1. The normalized spacial score (nSPS) is 12.4. The highest BCUT2D eigenvalue weighted by Gasteiger charge is 2.17. The molecular formula is C14H17ClN2S. The van der Waals surface area contributed by atoms with E-state index in [1.165, 1.54) is 16.1 Å². The van der Waals surface area contributed by atoms with Crippen molar-refractivity contribution in [3.63, 3.8) is 0 Å². The molecular weight excluding hydrogens is 264 g/mol. The monoisotopic (exact) mass is 280 g/mol. The van der Waals surface area contributed by atoms with Gasteiger partial charge in [0.15, 0.2) is 0 Å². The van der Waals surface area contributed by atoms with Crippen LogP contribution in [0.15, 0.2) is 35.7 Å². The van der Waals surface area contributed by atoms with Crippen molar-refractivity contribution in [2.24, 2.45) is 5.73 Å². The fourth-order valence-electron chi connectivity index (χ4n) is 1.93. The third-order valence-electron chi connectivity index (χ3n) is 3.05. The first-order valence-corrected chi connectivity index (χ1v) is 7.11. The Bertz CT molecular complexity index is 507. The lowest BCUT2D eigenvalue weighted by Crippen LogP contribution is -2.29. The maximum Gasteiger partial charge on any atom is 0.0754 e. The zero-order valence-corrected chi connectivity index (χ0v) is 12.1. The van der Waals surface area contributed by atoms with Crippen molar-refractivity contribution in [1.29, 1.82) is 0 Å². The van der Waals surface area contributed by atoms with Crippen molar-refractivity contribution >= 4 is 28.6 Å². The number of thiophene rings is 1. The molecule has 0 amide bonds. The largest absolute Gasteiger partial charge is 0.365 e. The van der Waals surface area contributed by atoms with Gasteiger partial charge in [0.1, 0.15) is 0 Å². The number of aryl methyl sites for hydroxylation is 1. The van der Waals surface area contributed by atoms with Gasteiger partial charge in [0.2, 0.25) is 0 Å². The van der Waals surface area contributed by atoms with Gasteiger partial charge in [0.25, 0.3) is 0 Å². The third-order valence-corrected chi connectivity index (χ3v) is 4.43. The van der Waals surface area contributed by atoms with Crippen LogP contribution in [-0.2, 0) is 0 Å². The summed E-state index contributed by atoms with van der Waals surface area (Å²) in [5.74, 6) is 0. The van der Waals surface area contributed by atoms with E-state index < -0.39 is 0 Å². The van der Waals surface area contributed by atoms with Gasteiger partial charge in [0, 0.05) is 29.5 Å². The van der Waals surface area contributed by atoms with Gasteiger partial charge in [-0.25, -0.2) is 0 Å². The van der Waals surface area contributed by atoms with Crippen molar-refractivity contribution in [2.45, 2.75) is 13.0 Å². The molecule has 0 spiro atoms. The van der Waals surface area contributed by atoms with Gasteiger partial charge < -0.3 is 10.6 Å². The Morgan fingerprint density at radius 2 is 2.00 bits per heavy atom. The van der Waals surface area contributed by atoms with Gasteiger partial charge in [-0.2, -0.15) is 0 Å². The highest BCUT2D eigenvalue weighted by molar-refractivity contribution is 7.10. The molecule has 0 saturated heterocycles. The molecule has 0 fully saturated rings. The fourth-order valence-corrected chi connectivity index (χ4v) is 3.17. The Morgan fingerprint density at radius 3 is 2.50 bits per heavy atom. The topological polar surface area (TPSA) is 29.3 Å². The van der Waals surface area contributed by atoms with Crippen molar-refractivity contribution < 1.29 is 0 Å². The molecule has 2 N–H and O–H groups in total. The summed E-state index contributed by atoms with van der Waals surface area (Å²) in [5, 5.41) is 2.73. The van der Waals surface area contributed by atoms with Crippen molar-refractivity contribution in [3.8, 4) is 0 Å². The average Bonchev–Trinajstić information content (AvgIpc) is 2.77. The summed E-state index contributed by atoms with van der Waals surface area (Å²) in [6.07, 6.45) is 0. The van der Waals surface area contributed by atoms with E-state index in [4.69, 9.17) is 17.3 Å². The number of halogens is 1. The van der Waals surface area contributed by atoms with Crippen LogP contribution in [-0.4, -0.2) is 13.6 Å². The number of likely N-dealkylation sites (N-methyl/N-ethyl adjacent to an activating group) is 1. The van der Waals surface area contributed by atoms with E-state index in [0.29, 0.717) is 6.54 Å². The summed E-state index contributed by atoms with van der Waals surface area (Å²) in [6.45, 7) is 2.66. The van der Waals surface area contributed by atoms with Crippen LogP contribution in [0.1, 0.15) is 16.5 Å². The molecule has 0 radical (unpaired) electrons. The van der Waals surface area contributed by atoms with E-state index in [0.717, 1.165) is 5.02 Å². The van der Waals surface area contributed by atoms with Crippen LogP contribution in [0.2, 0.25) is 5.02 Å². The standard InChI is InChI=1S/C14H17ClN2S/c1-10-3-5-12(6-4-10)17(2)13(8-16)14-7-11(15)9-18-14/h3-7,9,13H,8,16H2,1-2H3. The molecule has 1 heterocycles. The maximum absolute atomic E-state index is 5.98. The Hall–Kier alpha value is -1.03. The predicted octanol–water partition coefficient (Wildman–Crippen LogP) is 3.85. The lowest BCUT2D eigenvalue weighted by Gasteiger charge is -2.28. The van der Waals surface area contributed by atoms with Gasteiger partial charge in [-0.3, -0.25) is 0 Å². The second-order valence-corrected chi connectivity index (χ2v) is 5.74. The van der Waals surface area contributed by atoms with Crippen LogP contribution < -0.4 is 10.6 Å². The minimum atomic E-state index is 0.171. The first kappa shape index (κ1) is 13.4. The third kappa shape index (κ3) is 2.86. The van der Waals surface area contributed by atoms with Crippen molar-refractivity contribution in [3.05, 3.63) is 51.2 Å². The smallest absolute Gasteiger partial charge is 0.0754 e. The minimum Gasteiger partial charge on any atom is -0.365 e. The molecule has 18 heavy (non-hydrogen) atoms. The number of nitrogens with zero attached hydrogens (tertiary/aromatic N) is 1. The molecule has 4 heteroatoms. The summed E-state index contributed by atoms with van der Waals surface area (Å²) in [4.78, 5) is 3.40. The van der Waals surface area contributed by atoms with Crippen LogP contribution in [0.4, 0.5) is 5.69 Å². The number of benzene rings is 1. The number of hydrogen-bond acceptors (Lipinski definition) is 3. The lowest BCUT2D eigenvalue weighted by atomic mass is 10.1.